The number of hydrogen-bond donors (Lipinski definition) is 1. The quantitative estimate of drug-likeness (QED) is 0.235. The summed E-state index contributed by atoms with van der Waals surface area (Å²) >= 11 is 8.47. The average molecular weight is 608 g/mol. The van der Waals surface area contributed by atoms with E-state index in [4.69, 9.17) is 22.8 Å². The number of thiazole rings is 1. The van der Waals surface area contributed by atoms with Crippen LogP contribution in [-0.4, -0.2) is 48.9 Å². The van der Waals surface area contributed by atoms with Crippen molar-refractivity contribution in [2.75, 3.05) is 23.4 Å². The highest BCUT2D eigenvalue weighted by Crippen LogP contribution is 2.38. The van der Waals surface area contributed by atoms with Crippen molar-refractivity contribution in [2.45, 2.75) is 45.6 Å². The summed E-state index contributed by atoms with van der Waals surface area (Å²) in [5, 5.41) is 3.35. The van der Waals surface area contributed by atoms with Gasteiger partial charge in [-0.15, -0.1) is 17.8 Å². The topological polar surface area (TPSA) is 124 Å². The molecule has 1 aliphatic carbocycles. The van der Waals surface area contributed by atoms with Crippen LogP contribution in [-0.2, 0) is 43.5 Å². The van der Waals surface area contributed by atoms with E-state index in [0.717, 1.165) is 52.2 Å². The Balaban J connectivity index is 1.52. The van der Waals surface area contributed by atoms with Crippen LogP contribution < -0.4 is 10.1 Å². The van der Waals surface area contributed by atoms with E-state index in [1.807, 2.05) is 0 Å². The van der Waals surface area contributed by atoms with Gasteiger partial charge in [-0.05, 0) is 56.4 Å². The molecule has 1 aromatic carbocycles. The van der Waals surface area contributed by atoms with Crippen molar-refractivity contribution < 1.29 is 27.5 Å². The normalized spacial score (nSPS) is 13.9. The Morgan fingerprint density at radius 3 is 2.69 bits per heavy atom. The zero-order valence-electron chi connectivity index (χ0n) is 21.1. The molecule has 13 heteroatoms. The first-order valence-corrected chi connectivity index (χ1v) is 16.1. The Labute approximate surface area is 238 Å². The largest absolute Gasteiger partial charge is 0.462 e. The molecule has 0 fully saturated rings. The van der Waals surface area contributed by atoms with Gasteiger partial charge in [-0.25, -0.2) is 13.2 Å². The minimum Gasteiger partial charge on any atom is -0.462 e. The highest BCUT2D eigenvalue weighted by atomic mass is 35.5. The molecule has 39 heavy (non-hydrogen) atoms. The van der Waals surface area contributed by atoms with Gasteiger partial charge in [0.2, 0.25) is 5.91 Å². The van der Waals surface area contributed by atoms with E-state index in [1.165, 1.54) is 11.3 Å². The number of terminal acetylenes is 1. The summed E-state index contributed by atoms with van der Waals surface area (Å²) in [6.07, 6.45) is 9.85. The number of sulfone groups is 1. The number of carbonyl (C=O) groups excluding carboxylic acids is 3. The number of aryl methyl sites for hydroxylation is 1. The monoisotopic (exact) mass is 607 g/mol. The van der Waals surface area contributed by atoms with Gasteiger partial charge in [-0.2, -0.15) is 4.99 Å². The van der Waals surface area contributed by atoms with Crippen molar-refractivity contribution >= 4 is 77.1 Å². The number of thiophene rings is 1. The molecule has 4 rings (SSSR count). The number of nitrogens with zero attached hydrogens (tertiary/aromatic N) is 2. The molecule has 0 unspecified atom stereocenters. The van der Waals surface area contributed by atoms with E-state index >= 15 is 0 Å². The molecule has 0 atom stereocenters. The third kappa shape index (κ3) is 6.97. The Hall–Kier alpha value is -2.98. The number of carbonyl (C=O) groups is 3. The zero-order valence-corrected chi connectivity index (χ0v) is 24.3. The molecule has 0 radical (unpaired) electrons. The van der Waals surface area contributed by atoms with Crippen molar-refractivity contribution in [3.63, 3.8) is 0 Å². The SMILES string of the molecule is C#CCn1c(=NC(=O)CS(=O)(=O)CC(=O)Nc2sc3c(c2C(=O)OCC)CCCCC3)sc2cc(Cl)ccc21. The number of benzene rings is 1. The zero-order chi connectivity index (χ0) is 28.2. The highest BCUT2D eigenvalue weighted by Gasteiger charge is 2.28. The van der Waals surface area contributed by atoms with Crippen LogP contribution in [0.25, 0.3) is 10.2 Å². The number of rotatable bonds is 8. The van der Waals surface area contributed by atoms with Gasteiger partial charge < -0.3 is 14.6 Å². The molecule has 0 aliphatic heterocycles. The van der Waals surface area contributed by atoms with Crippen molar-refractivity contribution in [2.24, 2.45) is 4.99 Å². The second kappa shape index (κ2) is 12.5. The lowest BCUT2D eigenvalue weighted by molar-refractivity contribution is -0.115. The molecule has 1 N–H and O–H groups in total. The first-order valence-electron chi connectivity index (χ1n) is 12.2. The van der Waals surface area contributed by atoms with Crippen LogP contribution in [0.2, 0.25) is 5.02 Å². The molecule has 0 saturated heterocycles. The maximum atomic E-state index is 12.8. The van der Waals surface area contributed by atoms with Crippen LogP contribution in [0, 0.1) is 12.3 Å². The first-order chi connectivity index (χ1) is 18.6. The van der Waals surface area contributed by atoms with Crippen LogP contribution >= 0.6 is 34.3 Å². The molecule has 206 valence electrons. The minimum absolute atomic E-state index is 0.122. The lowest BCUT2D eigenvalue weighted by Gasteiger charge is -2.08. The van der Waals surface area contributed by atoms with Crippen LogP contribution in [0.15, 0.2) is 23.2 Å². The number of aromatic nitrogens is 1. The summed E-state index contributed by atoms with van der Waals surface area (Å²) in [6.45, 7) is 1.99. The summed E-state index contributed by atoms with van der Waals surface area (Å²) in [5.41, 5.74) is 1.86. The van der Waals surface area contributed by atoms with Gasteiger partial charge in [0, 0.05) is 9.90 Å². The number of nitrogens with one attached hydrogen (secondary N) is 1. The van der Waals surface area contributed by atoms with Crippen LogP contribution in [0.1, 0.15) is 47.0 Å². The van der Waals surface area contributed by atoms with Crippen molar-refractivity contribution in [3.8, 4) is 12.3 Å². The van der Waals surface area contributed by atoms with E-state index < -0.39 is 39.1 Å². The summed E-state index contributed by atoms with van der Waals surface area (Å²) in [7, 11) is -4.17. The van der Waals surface area contributed by atoms with Gasteiger partial charge in [0.1, 0.15) is 16.5 Å². The Morgan fingerprint density at radius 1 is 1.18 bits per heavy atom. The highest BCUT2D eigenvalue weighted by molar-refractivity contribution is 7.92. The number of fused-ring (bicyclic) bond motifs is 2. The van der Waals surface area contributed by atoms with Crippen LogP contribution in [0.5, 0.6) is 0 Å². The molecule has 3 aromatic rings. The third-order valence-electron chi connectivity index (χ3n) is 5.96. The molecule has 2 aromatic heterocycles. The van der Waals surface area contributed by atoms with E-state index in [-0.39, 0.29) is 23.0 Å². The number of esters is 1. The fourth-order valence-corrected chi connectivity index (χ4v) is 8.00. The van der Waals surface area contributed by atoms with E-state index in [0.29, 0.717) is 22.5 Å². The minimum atomic E-state index is -4.17. The van der Waals surface area contributed by atoms with Crippen molar-refractivity contribution in [1.29, 1.82) is 0 Å². The molecular weight excluding hydrogens is 582 g/mol. The maximum absolute atomic E-state index is 12.8. The van der Waals surface area contributed by atoms with Gasteiger partial charge in [-0.3, -0.25) is 9.59 Å². The smallest absolute Gasteiger partial charge is 0.341 e. The molecule has 0 saturated carbocycles. The van der Waals surface area contributed by atoms with Crippen molar-refractivity contribution in [1.82, 2.24) is 4.57 Å². The van der Waals surface area contributed by atoms with Gasteiger partial charge in [0.15, 0.2) is 14.6 Å². The lowest BCUT2D eigenvalue weighted by Crippen LogP contribution is -2.28. The molecule has 1 aliphatic rings. The summed E-state index contributed by atoms with van der Waals surface area (Å²) in [5.74, 6) is -1.73. The van der Waals surface area contributed by atoms with E-state index in [1.54, 1.807) is 29.7 Å². The Bertz CT molecular complexity index is 1660. The van der Waals surface area contributed by atoms with Crippen LogP contribution in [0.3, 0.4) is 0 Å². The van der Waals surface area contributed by atoms with Gasteiger partial charge in [0.25, 0.3) is 5.91 Å². The number of hydrogen-bond acceptors (Lipinski definition) is 8. The number of amides is 2. The second-order valence-electron chi connectivity index (χ2n) is 8.86. The maximum Gasteiger partial charge on any atom is 0.341 e. The third-order valence-corrected chi connectivity index (χ3v) is 9.84. The summed E-state index contributed by atoms with van der Waals surface area (Å²) < 4.78 is 33.0. The lowest BCUT2D eigenvalue weighted by atomic mass is 10.1. The Kier molecular flexibility index (Phi) is 9.27. The van der Waals surface area contributed by atoms with E-state index in [2.05, 4.69) is 16.2 Å². The summed E-state index contributed by atoms with van der Waals surface area (Å²) in [4.78, 5) is 43.3. The van der Waals surface area contributed by atoms with Gasteiger partial charge >= 0.3 is 5.97 Å². The van der Waals surface area contributed by atoms with E-state index in [9.17, 15) is 22.8 Å². The molecule has 2 amide bonds. The average Bonchev–Trinajstić information content (AvgIpc) is 3.25. The predicted molar refractivity (Wildman–Crippen MR) is 153 cm³/mol. The molecule has 0 bridgehead atoms. The molecule has 0 spiro atoms. The van der Waals surface area contributed by atoms with Crippen molar-refractivity contribution in [3.05, 3.63) is 44.0 Å². The summed E-state index contributed by atoms with van der Waals surface area (Å²) in [6, 6.07) is 5.12. The van der Waals surface area contributed by atoms with Gasteiger partial charge in [0.05, 0.1) is 28.9 Å². The number of halogens is 1. The standard InChI is InChI=1S/C26H26ClN3O6S3/c1-3-12-30-18-11-10-16(27)13-20(18)38-26(30)29-22(32)15-39(34,35)14-21(31)28-24-23(25(33)36-4-2)17-8-6-5-7-9-19(17)37-24/h1,10-11,13H,4-9,12,14-15H2,2H3,(H,28,31). The van der Waals surface area contributed by atoms with Crippen LogP contribution in [0.4, 0.5) is 5.00 Å². The fourth-order valence-electron chi connectivity index (χ4n) is 4.37. The number of ether oxygens (including phenoxy) is 1. The molecule has 9 nitrogen and oxygen atoms in total. The molecular formula is C26H26ClN3O6S3. The van der Waals surface area contributed by atoms with Gasteiger partial charge in [-0.1, -0.05) is 35.3 Å². The molecule has 2 heterocycles. The predicted octanol–water partition coefficient (Wildman–Crippen LogP) is 3.98. The number of anilines is 1. The Morgan fingerprint density at radius 2 is 1.95 bits per heavy atom. The fraction of sp³-hybridized carbons (Fsp3) is 0.385. The second-order valence-corrected chi connectivity index (χ2v) is 13.5. The first kappa shape index (κ1) is 29.0.